The summed E-state index contributed by atoms with van der Waals surface area (Å²) in [5.41, 5.74) is -0.475. The maximum absolute atomic E-state index is 13.6. The van der Waals surface area contributed by atoms with Gasteiger partial charge in [-0.15, -0.1) is 11.8 Å². The van der Waals surface area contributed by atoms with Gasteiger partial charge in [0.15, 0.2) is 30.5 Å². The number of esters is 1. The number of halogens is 3. The molecule has 0 saturated carbocycles. The van der Waals surface area contributed by atoms with E-state index >= 15 is 0 Å². The fraction of sp³-hybridized carbons (Fsp3) is 0.471. The van der Waals surface area contributed by atoms with Gasteiger partial charge < -0.3 is 19.9 Å². The minimum Gasteiger partial charge on any atom is -0.468 e. The van der Waals surface area contributed by atoms with Gasteiger partial charge in [-0.2, -0.15) is 0 Å². The van der Waals surface area contributed by atoms with Crippen molar-refractivity contribution in [3.8, 4) is 0 Å². The van der Waals surface area contributed by atoms with Gasteiger partial charge in [-0.1, -0.05) is 0 Å². The smallest absolute Gasteiger partial charge is 0.320 e. The second-order valence-corrected chi connectivity index (χ2v) is 7.61. The first kappa shape index (κ1) is 22.0. The molecular formula is C17H21F3N3O4S+. The lowest BCUT2D eigenvalue weighted by molar-refractivity contribution is -0.862. The zero-order chi connectivity index (χ0) is 20.8. The van der Waals surface area contributed by atoms with Crippen molar-refractivity contribution in [2.75, 3.05) is 51.4 Å². The lowest BCUT2D eigenvalue weighted by Gasteiger charge is -2.31. The molecule has 11 heteroatoms. The van der Waals surface area contributed by atoms with Crippen molar-refractivity contribution >= 4 is 35.2 Å². The van der Waals surface area contributed by atoms with Gasteiger partial charge in [0.1, 0.15) is 5.25 Å². The van der Waals surface area contributed by atoms with Crippen LogP contribution < -0.4 is 10.2 Å². The van der Waals surface area contributed by atoms with Crippen LogP contribution in [0.1, 0.15) is 0 Å². The molecule has 0 bridgehead atoms. The van der Waals surface area contributed by atoms with Gasteiger partial charge >= 0.3 is 5.97 Å². The Bertz CT molecular complexity index is 765. The summed E-state index contributed by atoms with van der Waals surface area (Å²) in [4.78, 5) is 38.1. The van der Waals surface area contributed by atoms with Gasteiger partial charge in [0, 0.05) is 18.8 Å². The predicted octanol–water partition coefficient (Wildman–Crippen LogP) is -0.326. The Hall–Kier alpha value is -2.27. The number of benzene rings is 1. The molecule has 1 unspecified atom stereocenters. The molecule has 28 heavy (non-hydrogen) atoms. The number of nitrogens with zero attached hydrogens (tertiary/aromatic N) is 1. The topological polar surface area (TPSA) is 80.2 Å². The number of hydrogen-bond donors (Lipinski definition) is 2. The molecule has 154 valence electrons. The lowest BCUT2D eigenvalue weighted by atomic mass is 10.2. The number of anilines is 1. The Labute approximate surface area is 164 Å². The number of ether oxygens (including phenoxy) is 1. The predicted molar refractivity (Wildman–Crippen MR) is 96.4 cm³/mol. The zero-order valence-electron chi connectivity index (χ0n) is 15.4. The number of likely N-dealkylation sites (N-methyl/N-ethyl adjacent to an activating group) is 1. The first-order valence-electron chi connectivity index (χ1n) is 8.44. The maximum Gasteiger partial charge on any atom is 0.320 e. The monoisotopic (exact) mass is 420 g/mol. The van der Waals surface area contributed by atoms with Crippen LogP contribution in [0.3, 0.4) is 0 Å². The fourth-order valence-corrected chi connectivity index (χ4v) is 3.80. The molecule has 2 atom stereocenters. The third-order valence-electron chi connectivity index (χ3n) is 4.11. The van der Waals surface area contributed by atoms with Gasteiger partial charge in [-0.3, -0.25) is 14.4 Å². The first-order valence-corrected chi connectivity index (χ1v) is 9.49. The molecule has 1 aromatic rings. The summed E-state index contributed by atoms with van der Waals surface area (Å²) in [5, 5.41) is 1.72. The van der Waals surface area contributed by atoms with Crippen LogP contribution in [0.25, 0.3) is 0 Å². The number of nitrogens with one attached hydrogen (secondary N) is 2. The van der Waals surface area contributed by atoms with Crippen molar-refractivity contribution in [3.05, 3.63) is 29.6 Å². The van der Waals surface area contributed by atoms with E-state index in [1.165, 1.54) is 23.8 Å². The number of rotatable bonds is 6. The minimum atomic E-state index is -1.67. The molecule has 0 spiro atoms. The summed E-state index contributed by atoms with van der Waals surface area (Å²) in [6.07, 6.45) is 0. The summed E-state index contributed by atoms with van der Waals surface area (Å²) in [6, 6.07) is 1.63. The van der Waals surface area contributed by atoms with Gasteiger partial charge in [-0.25, -0.2) is 13.2 Å². The molecular weight excluding hydrogens is 399 g/mol. The van der Waals surface area contributed by atoms with Crippen LogP contribution >= 0.6 is 11.8 Å². The maximum atomic E-state index is 13.6. The van der Waals surface area contributed by atoms with Gasteiger partial charge in [0.05, 0.1) is 19.8 Å². The Morgan fingerprint density at radius 1 is 1.25 bits per heavy atom. The lowest BCUT2D eigenvalue weighted by Crippen LogP contribution is -3.11. The van der Waals surface area contributed by atoms with E-state index in [2.05, 4.69) is 5.32 Å². The molecule has 0 aromatic heterocycles. The van der Waals surface area contributed by atoms with E-state index in [1.807, 2.05) is 0 Å². The first-order chi connectivity index (χ1) is 13.2. The summed E-state index contributed by atoms with van der Waals surface area (Å²) in [6.45, 7) is 0.506. The number of methoxy groups -OCH3 is 1. The van der Waals surface area contributed by atoms with Crippen molar-refractivity contribution in [2.45, 2.75) is 5.25 Å². The Morgan fingerprint density at radius 3 is 2.64 bits per heavy atom. The summed E-state index contributed by atoms with van der Waals surface area (Å²) < 4.78 is 44.4. The molecule has 1 heterocycles. The molecule has 0 aliphatic carbocycles. The van der Waals surface area contributed by atoms with Crippen molar-refractivity contribution in [1.82, 2.24) is 4.90 Å². The number of carbonyl (C=O) groups excluding carboxylic acids is 3. The normalized spacial score (nSPS) is 17.8. The number of amides is 2. The van der Waals surface area contributed by atoms with E-state index in [0.717, 1.165) is 6.07 Å². The molecule has 0 radical (unpaired) electrons. The number of thioether (sulfide) groups is 1. The molecule has 1 aromatic carbocycles. The standard InChI is InChI=1S/C17H20F3N3O4S/c1-22(8-13(24)21-11-4-3-10(18)15(19)16(11)20)9-14(25)23-5-6-28-12(7-23)17(26)27-2/h3-4,12H,5-9H2,1-2H3,(H,21,24)/p+1/t12-/m0/s1. The van der Waals surface area contributed by atoms with E-state index in [0.29, 0.717) is 23.3 Å². The largest absolute Gasteiger partial charge is 0.468 e. The van der Waals surface area contributed by atoms with E-state index < -0.39 is 40.3 Å². The van der Waals surface area contributed by atoms with Crippen LogP contribution in [0.2, 0.25) is 0 Å². The van der Waals surface area contributed by atoms with Crippen LogP contribution in [0.15, 0.2) is 12.1 Å². The summed E-state index contributed by atoms with van der Waals surface area (Å²) in [7, 11) is 2.88. The molecule has 2 amide bonds. The summed E-state index contributed by atoms with van der Waals surface area (Å²) in [5.74, 6) is -5.20. The fourth-order valence-electron chi connectivity index (χ4n) is 2.67. The highest BCUT2D eigenvalue weighted by Gasteiger charge is 2.31. The summed E-state index contributed by atoms with van der Waals surface area (Å²) >= 11 is 1.42. The van der Waals surface area contributed by atoms with E-state index in [-0.39, 0.29) is 25.5 Å². The van der Waals surface area contributed by atoms with Gasteiger partial charge in [-0.05, 0) is 12.1 Å². The second-order valence-electron chi connectivity index (χ2n) is 6.30. The van der Waals surface area contributed by atoms with Crippen molar-refractivity contribution in [1.29, 1.82) is 0 Å². The van der Waals surface area contributed by atoms with Crippen LogP contribution in [-0.2, 0) is 19.1 Å². The van der Waals surface area contributed by atoms with E-state index in [9.17, 15) is 27.6 Å². The second kappa shape index (κ2) is 9.78. The quantitative estimate of drug-likeness (QED) is 0.487. The highest BCUT2D eigenvalue weighted by atomic mass is 32.2. The third-order valence-corrected chi connectivity index (χ3v) is 5.27. The third kappa shape index (κ3) is 5.61. The number of carbonyl (C=O) groups is 3. The SMILES string of the molecule is COC(=O)[C@@H]1CN(C(=O)C[NH+](C)CC(=O)Nc2ccc(F)c(F)c2F)CCS1. The molecule has 7 nitrogen and oxygen atoms in total. The molecule has 1 aliphatic rings. The van der Waals surface area contributed by atoms with Crippen molar-refractivity contribution in [2.24, 2.45) is 0 Å². The van der Waals surface area contributed by atoms with Crippen molar-refractivity contribution in [3.63, 3.8) is 0 Å². The van der Waals surface area contributed by atoms with Crippen LogP contribution in [0.4, 0.5) is 18.9 Å². The Kier molecular flexibility index (Phi) is 7.69. The van der Waals surface area contributed by atoms with Gasteiger partial charge in [0.25, 0.3) is 11.8 Å². The Morgan fingerprint density at radius 2 is 1.96 bits per heavy atom. The van der Waals surface area contributed by atoms with Crippen LogP contribution in [0.5, 0.6) is 0 Å². The van der Waals surface area contributed by atoms with Crippen LogP contribution in [-0.4, -0.2) is 74.0 Å². The molecule has 1 aliphatic heterocycles. The minimum absolute atomic E-state index is 0.0216. The van der Waals surface area contributed by atoms with Crippen molar-refractivity contribution < 1.29 is 37.2 Å². The highest BCUT2D eigenvalue weighted by molar-refractivity contribution is 8.00. The molecule has 2 rings (SSSR count). The highest BCUT2D eigenvalue weighted by Crippen LogP contribution is 2.20. The average Bonchev–Trinajstić information content (AvgIpc) is 2.67. The Balaban J connectivity index is 1.86. The van der Waals surface area contributed by atoms with E-state index in [1.54, 1.807) is 7.05 Å². The molecule has 1 fully saturated rings. The number of hydrogen-bond acceptors (Lipinski definition) is 5. The molecule has 1 saturated heterocycles. The number of quaternary nitrogens is 1. The molecule has 2 N–H and O–H groups in total. The van der Waals surface area contributed by atoms with Crippen LogP contribution in [0, 0.1) is 17.5 Å². The van der Waals surface area contributed by atoms with E-state index in [4.69, 9.17) is 4.74 Å². The van der Waals surface area contributed by atoms with Gasteiger partial charge in [0.2, 0.25) is 0 Å². The average molecular weight is 420 g/mol. The zero-order valence-corrected chi connectivity index (χ0v) is 16.2.